The maximum atomic E-state index is 13.4. The number of oxazole rings is 1. The van der Waals surface area contributed by atoms with E-state index in [1.54, 1.807) is 23.7 Å². The molecule has 3 heterocycles. The Morgan fingerprint density at radius 3 is 2.49 bits per heavy atom. The van der Waals surface area contributed by atoms with Crippen LogP contribution in [0.15, 0.2) is 46.3 Å². The Kier molecular flexibility index (Phi) is 8.34. The number of halogens is 3. The molecule has 0 atom stereocenters. The average Bonchev–Trinajstić information content (AvgIpc) is 3.53. The van der Waals surface area contributed by atoms with Crippen LogP contribution in [-0.4, -0.2) is 40.3 Å². The van der Waals surface area contributed by atoms with Crippen molar-refractivity contribution in [3.63, 3.8) is 0 Å². The van der Waals surface area contributed by atoms with Gasteiger partial charge in [0.25, 0.3) is 5.91 Å². The van der Waals surface area contributed by atoms with Crippen molar-refractivity contribution in [1.82, 2.24) is 20.3 Å². The lowest BCUT2D eigenvalue weighted by atomic mass is 10.1. The lowest BCUT2D eigenvalue weighted by molar-refractivity contribution is 0.0995. The van der Waals surface area contributed by atoms with E-state index < -0.39 is 31.1 Å². The number of anilines is 1. The van der Waals surface area contributed by atoms with Gasteiger partial charge in [-0.2, -0.15) is 0 Å². The van der Waals surface area contributed by atoms with Crippen molar-refractivity contribution >= 4 is 22.4 Å². The topological polar surface area (TPSA) is 92.9 Å². The van der Waals surface area contributed by atoms with E-state index in [0.29, 0.717) is 33.7 Å². The van der Waals surface area contributed by atoms with Crippen LogP contribution in [0.25, 0.3) is 22.6 Å². The summed E-state index contributed by atoms with van der Waals surface area (Å²) in [4.78, 5) is 26.5. The van der Waals surface area contributed by atoms with E-state index in [9.17, 15) is 18.0 Å². The van der Waals surface area contributed by atoms with Crippen molar-refractivity contribution in [2.45, 2.75) is 39.3 Å². The molecule has 0 aliphatic rings. The molecule has 0 unspecified atom stereocenters. The molecule has 37 heavy (non-hydrogen) atoms. The van der Waals surface area contributed by atoms with Crippen molar-refractivity contribution in [2.75, 3.05) is 18.7 Å². The van der Waals surface area contributed by atoms with Crippen LogP contribution in [0.2, 0.25) is 0 Å². The summed E-state index contributed by atoms with van der Waals surface area (Å²) in [6, 6.07) is 6.71. The highest BCUT2D eigenvalue weighted by molar-refractivity contribution is 7.14. The number of benzene rings is 1. The fourth-order valence-electron chi connectivity index (χ4n) is 3.55. The van der Waals surface area contributed by atoms with Crippen LogP contribution in [0, 0.1) is 12.7 Å². The number of carbonyl (C=O) groups is 1. The fourth-order valence-corrected chi connectivity index (χ4v) is 4.24. The molecule has 0 spiro atoms. The first-order chi connectivity index (χ1) is 17.8. The van der Waals surface area contributed by atoms with Gasteiger partial charge in [-0.25, -0.2) is 23.1 Å². The van der Waals surface area contributed by atoms with Crippen molar-refractivity contribution < 1.29 is 22.4 Å². The first-order valence-electron chi connectivity index (χ1n) is 11.6. The van der Waals surface area contributed by atoms with Gasteiger partial charge in [-0.15, -0.1) is 11.3 Å². The monoisotopic (exact) mass is 529 g/mol. The van der Waals surface area contributed by atoms with Gasteiger partial charge in [0.15, 0.2) is 11.0 Å². The first-order valence-corrected chi connectivity index (χ1v) is 12.5. The van der Waals surface area contributed by atoms with Gasteiger partial charge in [0.1, 0.15) is 30.6 Å². The fraction of sp³-hybridized carbons (Fsp3) is 0.308. The minimum Gasteiger partial charge on any atom is -0.435 e. The Balaban J connectivity index is 1.52. The third kappa shape index (κ3) is 6.23. The quantitative estimate of drug-likeness (QED) is 0.259. The Labute approximate surface area is 216 Å². The van der Waals surface area contributed by atoms with E-state index in [2.05, 4.69) is 25.6 Å². The Bertz CT molecular complexity index is 1370. The summed E-state index contributed by atoms with van der Waals surface area (Å²) in [5, 5.41) is 7.67. The van der Waals surface area contributed by atoms with Gasteiger partial charge >= 0.3 is 0 Å². The molecule has 0 radical (unpaired) electrons. The molecular formula is C26H26F3N5O2S. The van der Waals surface area contributed by atoms with Crippen molar-refractivity contribution in [2.24, 2.45) is 0 Å². The molecular weight excluding hydrogens is 503 g/mol. The molecule has 1 aromatic carbocycles. The van der Waals surface area contributed by atoms with Crippen molar-refractivity contribution in [1.29, 1.82) is 0 Å². The Morgan fingerprint density at radius 1 is 1.11 bits per heavy atom. The number of hydrogen-bond donors (Lipinski definition) is 2. The second-order valence-electron chi connectivity index (χ2n) is 8.78. The highest BCUT2D eigenvalue weighted by Crippen LogP contribution is 2.30. The predicted octanol–water partition coefficient (Wildman–Crippen LogP) is 6.08. The molecule has 0 bridgehead atoms. The van der Waals surface area contributed by atoms with Crippen LogP contribution < -0.4 is 10.6 Å². The summed E-state index contributed by atoms with van der Waals surface area (Å²) in [6.07, 6.45) is 1.62. The van der Waals surface area contributed by atoms with Gasteiger partial charge < -0.3 is 9.73 Å². The zero-order valence-corrected chi connectivity index (χ0v) is 21.3. The standard InChI is InChI=1S/C26H26F3N5O2S/c1-14(2)25-33-22(17-4-6-18(29)7-5-17)23(36-25)24(35)34-26-32-20(13-37-26)21-15(3)8-16(12-31-21)11-30-19(9-27)10-28/h4-8,12-14,19,30H,9-11H2,1-3H3,(H,32,34,35). The van der Waals surface area contributed by atoms with Gasteiger partial charge in [-0.05, 0) is 42.3 Å². The smallest absolute Gasteiger partial charge is 0.295 e. The van der Waals surface area contributed by atoms with Gasteiger partial charge in [0, 0.05) is 29.6 Å². The van der Waals surface area contributed by atoms with E-state index in [0.717, 1.165) is 11.1 Å². The molecule has 194 valence electrons. The number of aryl methyl sites for hydroxylation is 1. The average molecular weight is 530 g/mol. The molecule has 0 fully saturated rings. The van der Waals surface area contributed by atoms with Crippen LogP contribution in [0.1, 0.15) is 47.3 Å². The zero-order valence-electron chi connectivity index (χ0n) is 20.5. The largest absolute Gasteiger partial charge is 0.435 e. The van der Waals surface area contributed by atoms with Gasteiger partial charge in [0.05, 0.1) is 11.7 Å². The summed E-state index contributed by atoms with van der Waals surface area (Å²) in [5.41, 5.74) is 3.69. The highest BCUT2D eigenvalue weighted by Gasteiger charge is 2.24. The van der Waals surface area contributed by atoms with Crippen LogP contribution in [0.5, 0.6) is 0 Å². The molecule has 0 saturated carbocycles. The lowest BCUT2D eigenvalue weighted by Gasteiger charge is -2.12. The number of rotatable bonds is 10. The maximum absolute atomic E-state index is 13.4. The van der Waals surface area contributed by atoms with Gasteiger partial charge in [0.2, 0.25) is 5.76 Å². The molecule has 4 aromatic rings. The number of hydrogen-bond acceptors (Lipinski definition) is 7. The van der Waals surface area contributed by atoms with Gasteiger partial charge in [-0.1, -0.05) is 19.9 Å². The molecule has 0 aliphatic carbocycles. The third-order valence-corrected chi connectivity index (χ3v) is 6.29. The van der Waals surface area contributed by atoms with Gasteiger partial charge in [-0.3, -0.25) is 15.1 Å². The minimum absolute atomic E-state index is 0.0121. The number of carbonyl (C=O) groups excluding carboxylic acids is 1. The summed E-state index contributed by atoms with van der Waals surface area (Å²) in [7, 11) is 0. The number of pyridine rings is 1. The van der Waals surface area contributed by atoms with E-state index in [4.69, 9.17) is 4.42 Å². The number of alkyl halides is 2. The first kappa shape index (κ1) is 26.5. The molecule has 11 heteroatoms. The number of nitrogens with zero attached hydrogens (tertiary/aromatic N) is 3. The summed E-state index contributed by atoms with van der Waals surface area (Å²) < 4.78 is 44.6. The summed E-state index contributed by atoms with van der Waals surface area (Å²) in [5.74, 6) is -0.573. The zero-order chi connectivity index (χ0) is 26.5. The highest BCUT2D eigenvalue weighted by atomic mass is 32.1. The van der Waals surface area contributed by atoms with Crippen molar-refractivity contribution in [3.05, 3.63) is 70.5 Å². The van der Waals surface area contributed by atoms with Crippen LogP contribution in [0.4, 0.5) is 18.3 Å². The third-order valence-electron chi connectivity index (χ3n) is 5.53. The van der Waals surface area contributed by atoms with Crippen LogP contribution >= 0.6 is 11.3 Å². The van der Waals surface area contributed by atoms with E-state index in [1.807, 2.05) is 26.8 Å². The molecule has 1 amide bonds. The molecule has 0 saturated heterocycles. The summed E-state index contributed by atoms with van der Waals surface area (Å²) >= 11 is 1.23. The summed E-state index contributed by atoms with van der Waals surface area (Å²) in [6.45, 7) is 4.37. The normalized spacial score (nSPS) is 11.5. The maximum Gasteiger partial charge on any atom is 0.295 e. The Morgan fingerprint density at radius 2 is 1.84 bits per heavy atom. The number of amides is 1. The van der Waals surface area contributed by atoms with E-state index >= 15 is 0 Å². The number of thiazole rings is 1. The molecule has 7 nitrogen and oxygen atoms in total. The SMILES string of the molecule is Cc1cc(CNC(CF)CF)cnc1-c1csc(NC(=O)c2oc(C(C)C)nc2-c2ccc(F)cc2)n1. The van der Waals surface area contributed by atoms with E-state index in [-0.39, 0.29) is 18.2 Å². The molecule has 0 aliphatic heterocycles. The Hall–Kier alpha value is -3.57. The van der Waals surface area contributed by atoms with Crippen LogP contribution in [0.3, 0.4) is 0 Å². The van der Waals surface area contributed by atoms with Crippen molar-refractivity contribution in [3.8, 4) is 22.6 Å². The number of nitrogens with one attached hydrogen (secondary N) is 2. The van der Waals surface area contributed by atoms with Crippen LogP contribution in [-0.2, 0) is 6.54 Å². The molecule has 4 rings (SSSR count). The van der Waals surface area contributed by atoms with E-state index in [1.165, 1.54) is 23.5 Å². The predicted molar refractivity (Wildman–Crippen MR) is 137 cm³/mol. The second-order valence-corrected chi connectivity index (χ2v) is 9.64. The number of aromatic nitrogens is 3. The molecule has 2 N–H and O–H groups in total. The lowest BCUT2D eigenvalue weighted by Crippen LogP contribution is -2.32. The second kappa shape index (κ2) is 11.7. The minimum atomic E-state index is -0.839. The molecule has 3 aromatic heterocycles.